The molecule has 0 amide bonds. The SMILES string of the molecule is CCn1nc(C(=O)O)c2c1CC[C@@H](N(C)Cc1cc(-c3cccnc3)no1)C2. The number of hydrogen-bond donors (Lipinski definition) is 1. The van der Waals surface area contributed by atoms with Crippen molar-refractivity contribution in [3.8, 4) is 11.3 Å². The maximum Gasteiger partial charge on any atom is 0.356 e. The highest BCUT2D eigenvalue weighted by Crippen LogP contribution is 2.28. The maximum absolute atomic E-state index is 11.6. The number of carbonyl (C=O) groups is 1. The van der Waals surface area contributed by atoms with Gasteiger partial charge in [-0.25, -0.2) is 4.79 Å². The molecular weight excluding hydrogens is 358 g/mol. The highest BCUT2D eigenvalue weighted by atomic mass is 16.5. The fraction of sp³-hybridized carbons (Fsp3) is 0.400. The third-order valence-corrected chi connectivity index (χ3v) is 5.37. The van der Waals surface area contributed by atoms with E-state index in [0.29, 0.717) is 19.5 Å². The van der Waals surface area contributed by atoms with E-state index in [1.807, 2.05) is 36.9 Å². The lowest BCUT2D eigenvalue weighted by molar-refractivity contribution is 0.0687. The van der Waals surface area contributed by atoms with Crippen LogP contribution in [-0.2, 0) is 25.9 Å². The highest BCUT2D eigenvalue weighted by Gasteiger charge is 2.30. The summed E-state index contributed by atoms with van der Waals surface area (Å²) in [6, 6.07) is 5.97. The fourth-order valence-electron chi connectivity index (χ4n) is 3.89. The molecule has 1 N–H and O–H groups in total. The summed E-state index contributed by atoms with van der Waals surface area (Å²) in [7, 11) is 2.03. The van der Waals surface area contributed by atoms with E-state index in [9.17, 15) is 9.90 Å². The molecule has 0 radical (unpaired) electrons. The van der Waals surface area contributed by atoms with Crippen LogP contribution in [0.2, 0.25) is 0 Å². The summed E-state index contributed by atoms with van der Waals surface area (Å²) in [5.74, 6) is -0.182. The van der Waals surface area contributed by atoms with Crippen molar-refractivity contribution in [1.29, 1.82) is 0 Å². The van der Waals surface area contributed by atoms with Crippen molar-refractivity contribution in [3.05, 3.63) is 53.3 Å². The molecule has 0 bridgehead atoms. The van der Waals surface area contributed by atoms with Gasteiger partial charge < -0.3 is 9.63 Å². The summed E-state index contributed by atoms with van der Waals surface area (Å²) in [6.07, 6.45) is 5.94. The predicted molar refractivity (Wildman–Crippen MR) is 102 cm³/mol. The molecule has 0 saturated heterocycles. The van der Waals surface area contributed by atoms with Crippen LogP contribution >= 0.6 is 0 Å². The van der Waals surface area contributed by atoms with Crippen LogP contribution in [-0.4, -0.2) is 49.0 Å². The van der Waals surface area contributed by atoms with Gasteiger partial charge in [-0.15, -0.1) is 0 Å². The van der Waals surface area contributed by atoms with E-state index in [0.717, 1.165) is 41.1 Å². The number of carboxylic acid groups (broad SMARTS) is 1. The molecule has 146 valence electrons. The van der Waals surface area contributed by atoms with Crippen LogP contribution in [0.3, 0.4) is 0 Å². The molecular formula is C20H23N5O3. The average Bonchev–Trinajstić information content (AvgIpc) is 3.32. The van der Waals surface area contributed by atoms with Crippen LogP contribution in [0.25, 0.3) is 11.3 Å². The summed E-state index contributed by atoms with van der Waals surface area (Å²) >= 11 is 0. The van der Waals surface area contributed by atoms with Gasteiger partial charge in [0.2, 0.25) is 0 Å². The molecule has 3 aromatic heterocycles. The van der Waals surface area contributed by atoms with Gasteiger partial charge in [0.25, 0.3) is 0 Å². The van der Waals surface area contributed by atoms with Gasteiger partial charge in [-0.3, -0.25) is 14.6 Å². The first-order chi connectivity index (χ1) is 13.6. The third-order valence-electron chi connectivity index (χ3n) is 5.37. The van der Waals surface area contributed by atoms with Gasteiger partial charge in [0.05, 0.1) is 6.54 Å². The zero-order valence-corrected chi connectivity index (χ0v) is 16.0. The largest absolute Gasteiger partial charge is 0.476 e. The van der Waals surface area contributed by atoms with Crippen LogP contribution in [0.4, 0.5) is 0 Å². The Kier molecular flexibility index (Phi) is 4.95. The number of carboxylic acids is 1. The van der Waals surface area contributed by atoms with Gasteiger partial charge in [0, 0.05) is 47.9 Å². The summed E-state index contributed by atoms with van der Waals surface area (Å²) in [5, 5.41) is 17.9. The first-order valence-corrected chi connectivity index (χ1v) is 9.45. The van der Waals surface area contributed by atoms with E-state index in [1.54, 1.807) is 12.4 Å². The van der Waals surface area contributed by atoms with Crippen LogP contribution in [0, 0.1) is 0 Å². The van der Waals surface area contributed by atoms with Gasteiger partial charge in [0.1, 0.15) is 5.69 Å². The van der Waals surface area contributed by atoms with Crippen LogP contribution in [0.5, 0.6) is 0 Å². The minimum absolute atomic E-state index is 0.188. The normalized spacial score (nSPS) is 16.3. The number of aromatic nitrogens is 4. The molecule has 3 aromatic rings. The second-order valence-electron chi connectivity index (χ2n) is 7.13. The van der Waals surface area contributed by atoms with Crippen molar-refractivity contribution in [2.75, 3.05) is 7.05 Å². The lowest BCUT2D eigenvalue weighted by Crippen LogP contribution is -2.36. The first kappa shape index (κ1) is 18.4. The summed E-state index contributed by atoms with van der Waals surface area (Å²) < 4.78 is 7.33. The molecule has 3 heterocycles. The molecule has 0 saturated carbocycles. The Morgan fingerprint density at radius 3 is 3.04 bits per heavy atom. The topological polar surface area (TPSA) is 97.3 Å². The summed E-state index contributed by atoms with van der Waals surface area (Å²) in [6.45, 7) is 3.28. The minimum atomic E-state index is -0.955. The van der Waals surface area contributed by atoms with Crippen LogP contribution in [0.15, 0.2) is 35.1 Å². The van der Waals surface area contributed by atoms with E-state index in [1.165, 1.54) is 0 Å². The molecule has 1 aliphatic carbocycles. The van der Waals surface area contributed by atoms with Gasteiger partial charge in [-0.1, -0.05) is 5.16 Å². The Morgan fingerprint density at radius 1 is 1.46 bits per heavy atom. The molecule has 1 atom stereocenters. The van der Waals surface area contributed by atoms with Gasteiger partial charge in [0.15, 0.2) is 11.5 Å². The molecule has 0 fully saturated rings. The number of nitrogens with zero attached hydrogens (tertiary/aromatic N) is 5. The molecule has 4 rings (SSSR count). The Hall–Kier alpha value is -3.00. The Labute approximate surface area is 162 Å². The lowest BCUT2D eigenvalue weighted by Gasteiger charge is -2.30. The molecule has 8 nitrogen and oxygen atoms in total. The van der Waals surface area contributed by atoms with Crippen molar-refractivity contribution in [2.24, 2.45) is 0 Å². The number of aryl methyl sites for hydroxylation is 1. The average molecular weight is 381 g/mol. The van der Waals surface area contributed by atoms with Crippen molar-refractivity contribution in [1.82, 2.24) is 24.8 Å². The van der Waals surface area contributed by atoms with Gasteiger partial charge in [-0.05, 0) is 45.4 Å². The number of likely N-dealkylation sites (N-methyl/N-ethyl adjacent to an activating group) is 1. The molecule has 8 heteroatoms. The predicted octanol–water partition coefficient (Wildman–Crippen LogP) is 2.64. The standard InChI is InChI=1S/C20H23N5O3/c1-3-25-18-7-6-14(9-16(18)19(22-25)20(26)27)24(2)12-15-10-17(23-28-15)13-5-4-8-21-11-13/h4-5,8,10-11,14H,3,6-7,9,12H2,1-2H3,(H,26,27)/t14-/m1/s1. The van der Waals surface area contributed by atoms with E-state index < -0.39 is 5.97 Å². The number of rotatable bonds is 6. The van der Waals surface area contributed by atoms with Crippen LogP contribution < -0.4 is 0 Å². The zero-order valence-electron chi connectivity index (χ0n) is 16.0. The lowest BCUT2D eigenvalue weighted by atomic mass is 9.90. The molecule has 0 spiro atoms. The number of hydrogen-bond acceptors (Lipinski definition) is 6. The van der Waals surface area contributed by atoms with E-state index in [2.05, 4.69) is 20.1 Å². The molecule has 0 unspecified atom stereocenters. The van der Waals surface area contributed by atoms with E-state index in [4.69, 9.17) is 4.52 Å². The van der Waals surface area contributed by atoms with Gasteiger partial charge >= 0.3 is 5.97 Å². The van der Waals surface area contributed by atoms with Crippen molar-refractivity contribution in [3.63, 3.8) is 0 Å². The quantitative estimate of drug-likeness (QED) is 0.701. The Morgan fingerprint density at radius 2 is 2.32 bits per heavy atom. The van der Waals surface area contributed by atoms with Crippen molar-refractivity contribution < 1.29 is 14.4 Å². The zero-order chi connectivity index (χ0) is 19.7. The summed E-state index contributed by atoms with van der Waals surface area (Å²) in [4.78, 5) is 17.9. The second kappa shape index (κ2) is 7.55. The smallest absolute Gasteiger partial charge is 0.356 e. The van der Waals surface area contributed by atoms with E-state index >= 15 is 0 Å². The van der Waals surface area contributed by atoms with Crippen LogP contribution in [0.1, 0.15) is 40.9 Å². The Bertz CT molecular complexity index is 979. The molecule has 1 aliphatic rings. The maximum atomic E-state index is 11.6. The number of pyridine rings is 1. The second-order valence-corrected chi connectivity index (χ2v) is 7.13. The Balaban J connectivity index is 1.48. The molecule has 0 aliphatic heterocycles. The van der Waals surface area contributed by atoms with Gasteiger partial charge in [-0.2, -0.15) is 5.10 Å². The highest BCUT2D eigenvalue weighted by molar-refractivity contribution is 5.87. The van der Waals surface area contributed by atoms with E-state index in [-0.39, 0.29) is 11.7 Å². The third kappa shape index (κ3) is 3.43. The number of aromatic carboxylic acids is 1. The molecule has 0 aromatic carbocycles. The first-order valence-electron chi connectivity index (χ1n) is 9.45. The number of fused-ring (bicyclic) bond motifs is 1. The molecule has 28 heavy (non-hydrogen) atoms. The fourth-order valence-corrected chi connectivity index (χ4v) is 3.89. The summed E-state index contributed by atoms with van der Waals surface area (Å²) in [5.41, 5.74) is 3.79. The van der Waals surface area contributed by atoms with Crippen molar-refractivity contribution >= 4 is 5.97 Å². The minimum Gasteiger partial charge on any atom is -0.476 e. The van der Waals surface area contributed by atoms with Crippen molar-refractivity contribution in [2.45, 2.75) is 45.3 Å². The monoisotopic (exact) mass is 381 g/mol.